The third-order valence-corrected chi connectivity index (χ3v) is 5.51. The van der Waals surface area contributed by atoms with Gasteiger partial charge in [0.15, 0.2) is 6.79 Å². The highest BCUT2D eigenvalue weighted by atomic mass is 16.7. The van der Waals surface area contributed by atoms with Crippen LogP contribution < -0.4 is 5.32 Å². The summed E-state index contributed by atoms with van der Waals surface area (Å²) >= 11 is 0. The molecule has 3 rings (SSSR count). The Labute approximate surface area is 155 Å². The van der Waals surface area contributed by atoms with Crippen LogP contribution in [0.25, 0.3) is 5.57 Å². The molecule has 1 aromatic rings. The predicted octanol–water partition coefficient (Wildman–Crippen LogP) is 3.48. The molecule has 0 unspecified atom stereocenters. The summed E-state index contributed by atoms with van der Waals surface area (Å²) in [5.41, 5.74) is 3.34. The molecule has 0 radical (unpaired) electrons. The first kappa shape index (κ1) is 18.9. The molecule has 0 aromatic heterocycles. The van der Waals surface area contributed by atoms with Crippen molar-refractivity contribution in [2.75, 3.05) is 20.5 Å². The number of hydrogen-bond acceptors (Lipinski definition) is 4. The molecular formula is C21H29NO4. The Balaban J connectivity index is 2.03. The zero-order valence-corrected chi connectivity index (χ0v) is 16.2. The first-order valence-electron chi connectivity index (χ1n) is 9.39. The maximum atomic E-state index is 13.0. The van der Waals surface area contributed by atoms with Crippen LogP contribution in [0.1, 0.15) is 49.3 Å². The Morgan fingerprint density at radius 1 is 1.23 bits per heavy atom. The fourth-order valence-electron chi connectivity index (χ4n) is 3.99. The Bertz CT molecular complexity index is 702. The Morgan fingerprint density at radius 3 is 2.62 bits per heavy atom. The van der Waals surface area contributed by atoms with Crippen LogP contribution in [0.2, 0.25) is 0 Å². The Kier molecular flexibility index (Phi) is 5.68. The largest absolute Gasteiger partial charge is 0.469 e. The quantitative estimate of drug-likeness (QED) is 0.624. The number of benzene rings is 1. The highest BCUT2D eigenvalue weighted by Gasteiger charge is 2.49. The number of hydrogen-bond donors (Lipinski definition) is 1. The molecule has 26 heavy (non-hydrogen) atoms. The van der Waals surface area contributed by atoms with Crippen LogP contribution in [0.4, 0.5) is 0 Å². The van der Waals surface area contributed by atoms with E-state index < -0.39 is 5.54 Å². The molecule has 1 saturated carbocycles. The van der Waals surface area contributed by atoms with Gasteiger partial charge >= 0.3 is 0 Å². The lowest BCUT2D eigenvalue weighted by molar-refractivity contribution is -0.117. The molecule has 5 heteroatoms. The van der Waals surface area contributed by atoms with E-state index in [-0.39, 0.29) is 18.8 Å². The molecular weight excluding hydrogens is 330 g/mol. The summed E-state index contributed by atoms with van der Waals surface area (Å²) in [6.45, 7) is 6.73. The van der Waals surface area contributed by atoms with E-state index in [0.29, 0.717) is 12.2 Å². The zero-order valence-electron chi connectivity index (χ0n) is 16.2. The molecule has 5 nitrogen and oxygen atoms in total. The van der Waals surface area contributed by atoms with Crippen LogP contribution in [0, 0.1) is 13.8 Å². The van der Waals surface area contributed by atoms with Gasteiger partial charge in [0, 0.05) is 13.7 Å². The van der Waals surface area contributed by atoms with Gasteiger partial charge in [-0.25, -0.2) is 0 Å². The van der Waals surface area contributed by atoms with Crippen LogP contribution in [0.3, 0.4) is 0 Å². The maximum absolute atomic E-state index is 13.0. The summed E-state index contributed by atoms with van der Waals surface area (Å²) in [4.78, 5) is 13.0. The van der Waals surface area contributed by atoms with Crippen LogP contribution in [-0.4, -0.2) is 38.1 Å². The monoisotopic (exact) mass is 359 g/mol. The summed E-state index contributed by atoms with van der Waals surface area (Å²) < 4.78 is 17.0. The van der Waals surface area contributed by atoms with Gasteiger partial charge in [-0.15, -0.1) is 0 Å². The number of aryl methyl sites for hydroxylation is 2. The number of amides is 1. The second-order valence-electron chi connectivity index (χ2n) is 7.25. The number of ether oxygens (including phenoxy) is 3. The van der Waals surface area contributed by atoms with Gasteiger partial charge in [0.2, 0.25) is 0 Å². The lowest BCUT2D eigenvalue weighted by atomic mass is 9.79. The second-order valence-corrected chi connectivity index (χ2v) is 7.25. The summed E-state index contributed by atoms with van der Waals surface area (Å²) in [5, 5.41) is 3.24. The predicted molar refractivity (Wildman–Crippen MR) is 101 cm³/mol. The van der Waals surface area contributed by atoms with Gasteiger partial charge < -0.3 is 19.5 Å². The van der Waals surface area contributed by atoms with Crippen molar-refractivity contribution >= 4 is 11.5 Å². The first-order chi connectivity index (χ1) is 12.5. The molecule has 0 saturated heterocycles. The number of carbonyl (C=O) groups is 1. The van der Waals surface area contributed by atoms with E-state index in [9.17, 15) is 4.79 Å². The highest BCUT2D eigenvalue weighted by Crippen LogP contribution is 2.44. The lowest BCUT2D eigenvalue weighted by Crippen LogP contribution is -2.48. The number of rotatable bonds is 6. The summed E-state index contributed by atoms with van der Waals surface area (Å²) in [7, 11) is 1.75. The van der Waals surface area contributed by atoms with Crippen molar-refractivity contribution < 1.29 is 19.0 Å². The van der Waals surface area contributed by atoms with Crippen molar-refractivity contribution in [1.82, 2.24) is 5.32 Å². The molecule has 1 N–H and O–H groups in total. The molecule has 1 fully saturated rings. The standard InChI is InChI=1S/C21H29NO4/c1-5-25-13-26-19-18(17-12-14(2)6-7-15(17)3)20(23)22-21(19)10-8-16(24-4)9-11-21/h6-7,12,16H,5,8-11,13H2,1-4H3,(H,22,23). The average Bonchev–Trinajstić information content (AvgIpc) is 2.89. The van der Waals surface area contributed by atoms with Gasteiger partial charge in [-0.3, -0.25) is 4.79 Å². The van der Waals surface area contributed by atoms with Crippen molar-refractivity contribution in [2.24, 2.45) is 0 Å². The summed E-state index contributed by atoms with van der Waals surface area (Å²) in [6.07, 6.45) is 3.67. The van der Waals surface area contributed by atoms with E-state index in [2.05, 4.69) is 23.5 Å². The number of nitrogens with one attached hydrogen (secondary N) is 1. The molecule has 142 valence electrons. The second kappa shape index (κ2) is 7.80. The van der Waals surface area contributed by atoms with Gasteiger partial charge in [0.25, 0.3) is 5.91 Å². The highest BCUT2D eigenvalue weighted by molar-refractivity contribution is 6.23. The van der Waals surface area contributed by atoms with Gasteiger partial charge in [0.1, 0.15) is 5.76 Å². The van der Waals surface area contributed by atoms with E-state index >= 15 is 0 Å². The third kappa shape index (κ3) is 3.51. The van der Waals surface area contributed by atoms with Crippen molar-refractivity contribution in [3.05, 3.63) is 40.6 Å². The van der Waals surface area contributed by atoms with Gasteiger partial charge in [0.05, 0.1) is 17.2 Å². The molecule has 1 aliphatic heterocycles. The van der Waals surface area contributed by atoms with Crippen LogP contribution in [0.5, 0.6) is 0 Å². The third-order valence-electron chi connectivity index (χ3n) is 5.51. The fourth-order valence-corrected chi connectivity index (χ4v) is 3.99. The van der Waals surface area contributed by atoms with Crippen molar-refractivity contribution in [1.29, 1.82) is 0 Å². The molecule has 2 aliphatic rings. The van der Waals surface area contributed by atoms with Gasteiger partial charge in [-0.1, -0.05) is 23.8 Å². The van der Waals surface area contributed by atoms with Crippen molar-refractivity contribution in [3.63, 3.8) is 0 Å². The SMILES string of the molecule is CCOCOC1=C(c2cc(C)ccc2C)C(=O)NC12CCC(OC)CC2. The van der Waals surface area contributed by atoms with E-state index in [1.165, 1.54) is 0 Å². The normalized spacial score (nSPS) is 25.7. The molecule has 1 heterocycles. The van der Waals surface area contributed by atoms with Crippen molar-refractivity contribution in [3.8, 4) is 0 Å². The lowest BCUT2D eigenvalue weighted by Gasteiger charge is -2.38. The Hall–Kier alpha value is -1.85. The van der Waals surface area contributed by atoms with Gasteiger partial charge in [-0.2, -0.15) is 0 Å². The van der Waals surface area contributed by atoms with Crippen molar-refractivity contribution in [2.45, 2.75) is 58.1 Å². The topological polar surface area (TPSA) is 56.8 Å². The summed E-state index contributed by atoms with van der Waals surface area (Å²) in [5.74, 6) is 0.681. The van der Waals surface area contributed by atoms with E-state index in [4.69, 9.17) is 14.2 Å². The molecule has 0 bridgehead atoms. The first-order valence-corrected chi connectivity index (χ1v) is 9.39. The zero-order chi connectivity index (χ0) is 18.7. The number of methoxy groups -OCH3 is 1. The van der Waals surface area contributed by atoms with Crippen LogP contribution >= 0.6 is 0 Å². The fraction of sp³-hybridized carbons (Fsp3) is 0.571. The molecule has 1 aromatic carbocycles. The number of carbonyl (C=O) groups excluding carboxylic acids is 1. The Morgan fingerprint density at radius 2 is 1.96 bits per heavy atom. The molecule has 1 amide bonds. The minimum Gasteiger partial charge on any atom is -0.469 e. The summed E-state index contributed by atoms with van der Waals surface area (Å²) in [6, 6.07) is 6.18. The molecule has 0 atom stereocenters. The van der Waals surface area contributed by atoms with E-state index in [1.54, 1.807) is 7.11 Å². The smallest absolute Gasteiger partial charge is 0.256 e. The van der Waals surface area contributed by atoms with E-state index in [0.717, 1.165) is 48.1 Å². The van der Waals surface area contributed by atoms with E-state index in [1.807, 2.05) is 20.8 Å². The van der Waals surface area contributed by atoms with Crippen LogP contribution in [0.15, 0.2) is 24.0 Å². The maximum Gasteiger partial charge on any atom is 0.256 e. The molecule has 1 aliphatic carbocycles. The molecule has 1 spiro atoms. The van der Waals surface area contributed by atoms with Gasteiger partial charge in [-0.05, 0) is 57.6 Å². The minimum absolute atomic E-state index is 0.0546. The minimum atomic E-state index is -0.450. The van der Waals surface area contributed by atoms with Crippen LogP contribution in [-0.2, 0) is 19.0 Å². The average molecular weight is 359 g/mol.